The highest BCUT2D eigenvalue weighted by Gasteiger charge is 2.26. The van der Waals surface area contributed by atoms with Crippen LogP contribution in [0.5, 0.6) is 0 Å². The lowest BCUT2D eigenvalue weighted by atomic mass is 10.0. The van der Waals surface area contributed by atoms with Gasteiger partial charge in [0, 0.05) is 0 Å². The summed E-state index contributed by atoms with van der Waals surface area (Å²) >= 11 is 11.4. The van der Waals surface area contributed by atoms with E-state index in [9.17, 15) is 14.0 Å². The molecule has 1 N–H and O–H groups in total. The molecule has 4 nitrogen and oxygen atoms in total. The third-order valence-electron chi connectivity index (χ3n) is 2.66. The van der Waals surface area contributed by atoms with Gasteiger partial charge in [0.2, 0.25) is 0 Å². The van der Waals surface area contributed by atoms with Crippen LogP contribution in [-0.2, 0) is 9.53 Å². The average Bonchev–Trinajstić information content (AvgIpc) is 2.38. The number of rotatable bonds is 4. The summed E-state index contributed by atoms with van der Waals surface area (Å²) in [6.45, 7) is 3.48. The van der Waals surface area contributed by atoms with Crippen molar-refractivity contribution in [2.75, 3.05) is 7.11 Å². The molecule has 0 aliphatic heterocycles. The molecule has 7 heteroatoms. The fourth-order valence-electron chi connectivity index (χ4n) is 1.54. The first-order valence-corrected chi connectivity index (χ1v) is 6.56. The summed E-state index contributed by atoms with van der Waals surface area (Å²) in [7, 11) is 1.22. The molecule has 1 atom stereocenters. The summed E-state index contributed by atoms with van der Waals surface area (Å²) in [5.74, 6) is -2.21. The molecular weight excluding hydrogens is 308 g/mol. The second kappa shape index (κ2) is 6.90. The van der Waals surface area contributed by atoms with Crippen LogP contribution < -0.4 is 5.32 Å². The molecule has 1 aromatic carbocycles. The molecule has 0 saturated carbocycles. The third kappa shape index (κ3) is 3.84. The van der Waals surface area contributed by atoms with Gasteiger partial charge in [0.05, 0.1) is 22.7 Å². The molecule has 1 amide bonds. The van der Waals surface area contributed by atoms with Crippen molar-refractivity contribution in [3.8, 4) is 0 Å². The summed E-state index contributed by atoms with van der Waals surface area (Å²) in [6, 6.07) is 1.21. The standard InChI is InChI=1S/C13H14Cl2FNO3/c1-6(2)11(13(19)20-3)17-12(18)7-4-10(16)9(15)5-8(7)14/h4-6,11H,1-3H3,(H,17,18). The quantitative estimate of drug-likeness (QED) is 0.685. The minimum atomic E-state index is -0.845. The summed E-state index contributed by atoms with van der Waals surface area (Å²) in [5, 5.41) is 2.28. The lowest BCUT2D eigenvalue weighted by Gasteiger charge is -2.20. The van der Waals surface area contributed by atoms with Crippen LogP contribution in [0.25, 0.3) is 0 Å². The number of methoxy groups -OCH3 is 1. The van der Waals surface area contributed by atoms with Crippen LogP contribution in [0, 0.1) is 11.7 Å². The lowest BCUT2D eigenvalue weighted by Crippen LogP contribution is -2.45. The van der Waals surface area contributed by atoms with Crippen molar-refractivity contribution in [2.24, 2.45) is 5.92 Å². The molecule has 0 aliphatic carbocycles. The highest BCUT2D eigenvalue weighted by molar-refractivity contribution is 6.36. The zero-order chi connectivity index (χ0) is 15.4. The minimum Gasteiger partial charge on any atom is -0.467 e. The maximum atomic E-state index is 13.4. The molecule has 0 radical (unpaired) electrons. The first kappa shape index (κ1) is 16.7. The smallest absolute Gasteiger partial charge is 0.328 e. The number of carbonyl (C=O) groups excluding carboxylic acids is 2. The Labute approximate surface area is 126 Å². The molecule has 0 fully saturated rings. The predicted molar refractivity (Wildman–Crippen MR) is 74.5 cm³/mol. The van der Waals surface area contributed by atoms with Gasteiger partial charge in [-0.1, -0.05) is 37.0 Å². The Balaban J connectivity index is 3.01. The van der Waals surface area contributed by atoms with Crippen molar-refractivity contribution in [1.82, 2.24) is 5.32 Å². The van der Waals surface area contributed by atoms with Crippen molar-refractivity contribution in [1.29, 1.82) is 0 Å². The number of halogens is 3. The van der Waals surface area contributed by atoms with Gasteiger partial charge in [-0.25, -0.2) is 9.18 Å². The van der Waals surface area contributed by atoms with Gasteiger partial charge < -0.3 is 10.1 Å². The van der Waals surface area contributed by atoms with E-state index in [1.165, 1.54) is 7.11 Å². The Kier molecular flexibility index (Phi) is 5.77. The lowest BCUT2D eigenvalue weighted by molar-refractivity contribution is -0.144. The van der Waals surface area contributed by atoms with E-state index in [1.807, 2.05) is 0 Å². The van der Waals surface area contributed by atoms with Gasteiger partial charge in [0.1, 0.15) is 11.9 Å². The van der Waals surface area contributed by atoms with Gasteiger partial charge in [0.25, 0.3) is 5.91 Å². The number of esters is 1. The predicted octanol–water partition coefficient (Wildman–Crippen LogP) is 3.06. The van der Waals surface area contributed by atoms with Crippen molar-refractivity contribution >= 4 is 35.1 Å². The van der Waals surface area contributed by atoms with E-state index in [4.69, 9.17) is 23.2 Å². The Morgan fingerprint density at radius 3 is 2.35 bits per heavy atom. The van der Waals surface area contributed by atoms with Gasteiger partial charge >= 0.3 is 5.97 Å². The van der Waals surface area contributed by atoms with Crippen LogP contribution in [0.1, 0.15) is 24.2 Å². The van der Waals surface area contributed by atoms with Crippen LogP contribution >= 0.6 is 23.2 Å². The summed E-state index contributed by atoms with van der Waals surface area (Å²) in [6.07, 6.45) is 0. The van der Waals surface area contributed by atoms with Gasteiger partial charge in [0.15, 0.2) is 0 Å². The number of carbonyl (C=O) groups is 2. The molecule has 0 aromatic heterocycles. The van der Waals surface area contributed by atoms with E-state index in [2.05, 4.69) is 10.1 Å². The van der Waals surface area contributed by atoms with Gasteiger partial charge in [-0.3, -0.25) is 4.79 Å². The molecule has 20 heavy (non-hydrogen) atoms. The first-order valence-electron chi connectivity index (χ1n) is 5.81. The van der Waals surface area contributed by atoms with Crippen molar-refractivity contribution in [3.05, 3.63) is 33.6 Å². The molecule has 0 saturated heterocycles. The SMILES string of the molecule is COC(=O)C(NC(=O)c1cc(F)c(Cl)cc1Cl)C(C)C. The normalized spacial score (nSPS) is 12.2. The molecule has 0 bridgehead atoms. The highest BCUT2D eigenvalue weighted by Crippen LogP contribution is 2.24. The van der Waals surface area contributed by atoms with E-state index in [1.54, 1.807) is 13.8 Å². The van der Waals surface area contributed by atoms with E-state index in [0.29, 0.717) is 0 Å². The number of nitrogens with one attached hydrogen (secondary N) is 1. The number of benzene rings is 1. The van der Waals surface area contributed by atoms with Crippen molar-refractivity contribution in [3.63, 3.8) is 0 Å². The summed E-state index contributed by atoms with van der Waals surface area (Å²) < 4.78 is 18.0. The summed E-state index contributed by atoms with van der Waals surface area (Å²) in [5.41, 5.74) is -0.0943. The number of hydrogen-bond donors (Lipinski definition) is 1. The summed E-state index contributed by atoms with van der Waals surface area (Å²) in [4.78, 5) is 23.6. The fraction of sp³-hybridized carbons (Fsp3) is 0.385. The van der Waals surface area contributed by atoms with Crippen molar-refractivity contribution < 1.29 is 18.7 Å². The van der Waals surface area contributed by atoms with Gasteiger partial charge in [-0.05, 0) is 18.1 Å². The highest BCUT2D eigenvalue weighted by atomic mass is 35.5. The molecular formula is C13H14Cl2FNO3. The second-order valence-corrected chi connectivity index (χ2v) is 5.28. The number of hydrogen-bond acceptors (Lipinski definition) is 3. The van der Waals surface area contributed by atoms with Crippen LogP contribution in [0.3, 0.4) is 0 Å². The molecule has 110 valence electrons. The maximum absolute atomic E-state index is 13.4. The third-order valence-corrected chi connectivity index (χ3v) is 3.27. The average molecular weight is 322 g/mol. The number of ether oxygens (including phenoxy) is 1. The molecule has 0 heterocycles. The Hall–Kier alpha value is -1.33. The van der Waals surface area contributed by atoms with Crippen LogP contribution in [0.15, 0.2) is 12.1 Å². The Morgan fingerprint density at radius 1 is 1.25 bits per heavy atom. The second-order valence-electron chi connectivity index (χ2n) is 4.46. The Bertz CT molecular complexity index is 535. The Morgan fingerprint density at radius 2 is 1.85 bits per heavy atom. The minimum absolute atomic E-state index is 0.00118. The van der Waals surface area contributed by atoms with Gasteiger partial charge in [-0.15, -0.1) is 0 Å². The molecule has 0 spiro atoms. The maximum Gasteiger partial charge on any atom is 0.328 e. The van der Waals surface area contributed by atoms with E-state index in [-0.39, 0.29) is 21.5 Å². The van der Waals surface area contributed by atoms with Crippen LogP contribution in [-0.4, -0.2) is 25.0 Å². The van der Waals surface area contributed by atoms with E-state index >= 15 is 0 Å². The van der Waals surface area contributed by atoms with Crippen LogP contribution in [0.2, 0.25) is 10.0 Å². The monoisotopic (exact) mass is 321 g/mol. The van der Waals surface area contributed by atoms with E-state index in [0.717, 1.165) is 12.1 Å². The molecule has 0 aliphatic rings. The zero-order valence-corrected chi connectivity index (χ0v) is 12.7. The van der Waals surface area contributed by atoms with Crippen LogP contribution in [0.4, 0.5) is 4.39 Å². The van der Waals surface area contributed by atoms with Gasteiger partial charge in [-0.2, -0.15) is 0 Å². The molecule has 1 unspecified atom stereocenters. The van der Waals surface area contributed by atoms with Crippen molar-refractivity contribution in [2.45, 2.75) is 19.9 Å². The molecule has 1 rings (SSSR count). The van der Waals surface area contributed by atoms with E-state index < -0.39 is 23.7 Å². The first-order chi connectivity index (χ1) is 9.27. The zero-order valence-electron chi connectivity index (χ0n) is 11.2. The number of amides is 1. The largest absolute Gasteiger partial charge is 0.467 e. The topological polar surface area (TPSA) is 55.4 Å². The fourth-order valence-corrected chi connectivity index (χ4v) is 2.01. The molecule has 1 aromatic rings.